The van der Waals surface area contributed by atoms with Crippen LogP contribution in [0.3, 0.4) is 0 Å². The maximum absolute atomic E-state index is 10.6. The van der Waals surface area contributed by atoms with Gasteiger partial charge >= 0.3 is 0 Å². The SMILES string of the molecule is O=Cc1ccc2sc(Br)c(CO)c2c1. The van der Waals surface area contributed by atoms with E-state index in [4.69, 9.17) is 5.11 Å². The van der Waals surface area contributed by atoms with Crippen molar-refractivity contribution in [2.24, 2.45) is 0 Å². The second-order valence-corrected chi connectivity index (χ2v) is 5.26. The van der Waals surface area contributed by atoms with Crippen molar-refractivity contribution in [3.05, 3.63) is 33.1 Å². The summed E-state index contributed by atoms with van der Waals surface area (Å²) in [6, 6.07) is 5.47. The predicted octanol–water partition coefficient (Wildman–Crippen LogP) is 2.97. The molecule has 0 saturated heterocycles. The molecule has 72 valence electrons. The molecule has 0 saturated carbocycles. The van der Waals surface area contributed by atoms with Gasteiger partial charge < -0.3 is 5.11 Å². The predicted molar refractivity (Wildman–Crippen MR) is 60.8 cm³/mol. The molecule has 2 nitrogen and oxygen atoms in total. The normalized spacial score (nSPS) is 10.7. The quantitative estimate of drug-likeness (QED) is 0.852. The summed E-state index contributed by atoms with van der Waals surface area (Å²) in [6.45, 7) is -0.0110. The largest absolute Gasteiger partial charge is 0.392 e. The van der Waals surface area contributed by atoms with Crippen molar-refractivity contribution < 1.29 is 9.90 Å². The van der Waals surface area contributed by atoms with E-state index in [1.54, 1.807) is 23.5 Å². The molecule has 1 N–H and O–H groups in total. The molecule has 14 heavy (non-hydrogen) atoms. The molecule has 0 fully saturated rings. The van der Waals surface area contributed by atoms with Gasteiger partial charge in [0.05, 0.1) is 10.4 Å². The molecule has 0 unspecified atom stereocenters. The zero-order valence-corrected chi connectivity index (χ0v) is 9.56. The highest BCUT2D eigenvalue weighted by atomic mass is 79.9. The van der Waals surface area contributed by atoms with Crippen LogP contribution in [0.15, 0.2) is 22.0 Å². The minimum Gasteiger partial charge on any atom is -0.392 e. The first kappa shape index (κ1) is 9.83. The first-order chi connectivity index (χ1) is 6.76. The molecule has 0 radical (unpaired) electrons. The third kappa shape index (κ3) is 1.49. The van der Waals surface area contributed by atoms with Crippen molar-refractivity contribution in [2.45, 2.75) is 6.61 Å². The Labute approximate surface area is 93.3 Å². The molecule has 1 heterocycles. The number of halogens is 1. The summed E-state index contributed by atoms with van der Waals surface area (Å²) in [4.78, 5) is 10.6. The molecule has 2 aromatic rings. The Kier molecular flexibility index (Phi) is 2.67. The van der Waals surface area contributed by atoms with Gasteiger partial charge in [0.15, 0.2) is 0 Å². The van der Waals surface area contributed by atoms with Gasteiger partial charge in [-0.25, -0.2) is 0 Å². The van der Waals surface area contributed by atoms with Gasteiger partial charge in [-0.05, 0) is 33.4 Å². The number of hydrogen-bond donors (Lipinski definition) is 1. The van der Waals surface area contributed by atoms with Crippen molar-refractivity contribution in [2.75, 3.05) is 0 Å². The van der Waals surface area contributed by atoms with Crippen molar-refractivity contribution in [3.63, 3.8) is 0 Å². The van der Waals surface area contributed by atoms with Gasteiger partial charge in [-0.1, -0.05) is 6.07 Å². The maximum Gasteiger partial charge on any atom is 0.150 e. The highest BCUT2D eigenvalue weighted by Gasteiger charge is 2.09. The average molecular weight is 271 g/mol. The summed E-state index contributed by atoms with van der Waals surface area (Å²) < 4.78 is 2.00. The van der Waals surface area contributed by atoms with E-state index in [9.17, 15) is 4.79 Å². The summed E-state index contributed by atoms with van der Waals surface area (Å²) in [6.07, 6.45) is 0.812. The third-order valence-electron chi connectivity index (χ3n) is 2.06. The Bertz CT molecular complexity index is 490. The highest BCUT2D eigenvalue weighted by molar-refractivity contribution is 9.11. The van der Waals surface area contributed by atoms with Gasteiger partial charge in [0.2, 0.25) is 0 Å². The number of thiophene rings is 1. The van der Waals surface area contributed by atoms with Gasteiger partial charge in [-0.15, -0.1) is 11.3 Å². The molecule has 0 aliphatic rings. The van der Waals surface area contributed by atoms with Crippen LogP contribution in [-0.4, -0.2) is 11.4 Å². The van der Waals surface area contributed by atoms with Gasteiger partial charge in [0.25, 0.3) is 0 Å². The van der Waals surface area contributed by atoms with Crippen molar-refractivity contribution >= 4 is 43.6 Å². The number of aldehydes is 1. The van der Waals surface area contributed by atoms with Crippen LogP contribution in [0.25, 0.3) is 10.1 Å². The van der Waals surface area contributed by atoms with Crippen LogP contribution in [0.5, 0.6) is 0 Å². The van der Waals surface area contributed by atoms with Crippen molar-refractivity contribution in [3.8, 4) is 0 Å². The molecule has 0 aliphatic heterocycles. The number of benzene rings is 1. The smallest absolute Gasteiger partial charge is 0.150 e. The van der Waals surface area contributed by atoms with E-state index in [2.05, 4.69) is 15.9 Å². The molecule has 0 amide bonds. The third-order valence-corrected chi connectivity index (χ3v) is 4.03. The molecule has 1 aromatic carbocycles. The fraction of sp³-hybridized carbons (Fsp3) is 0.100. The highest BCUT2D eigenvalue weighted by Crippen LogP contribution is 2.35. The Morgan fingerprint density at radius 3 is 2.93 bits per heavy atom. The number of aliphatic hydroxyl groups is 1. The molecule has 1 aromatic heterocycles. The van der Waals surface area contributed by atoms with Crippen LogP contribution in [0.4, 0.5) is 0 Å². The van der Waals surface area contributed by atoms with E-state index >= 15 is 0 Å². The number of carbonyl (C=O) groups is 1. The molecule has 0 spiro atoms. The first-order valence-corrected chi connectivity index (χ1v) is 5.64. The maximum atomic E-state index is 10.6. The second-order valence-electron chi connectivity index (χ2n) is 2.89. The van der Waals surface area contributed by atoms with Crippen LogP contribution < -0.4 is 0 Å². The summed E-state index contributed by atoms with van der Waals surface area (Å²) in [5, 5.41) is 10.1. The van der Waals surface area contributed by atoms with Gasteiger partial charge in [0, 0.05) is 15.8 Å². The Balaban J connectivity index is 2.77. The number of carbonyl (C=O) groups excluding carboxylic acids is 1. The Morgan fingerprint density at radius 1 is 1.50 bits per heavy atom. The minimum atomic E-state index is -0.0110. The van der Waals surface area contributed by atoms with Crippen LogP contribution >= 0.6 is 27.3 Å². The number of fused-ring (bicyclic) bond motifs is 1. The van der Waals surface area contributed by atoms with Crippen molar-refractivity contribution in [1.29, 1.82) is 0 Å². The summed E-state index contributed by atoms with van der Waals surface area (Å²) >= 11 is 4.95. The van der Waals surface area contributed by atoms with Gasteiger partial charge in [-0.3, -0.25) is 4.79 Å². The molecule has 0 aliphatic carbocycles. The van der Waals surface area contributed by atoms with E-state index in [-0.39, 0.29) is 6.61 Å². The lowest BCUT2D eigenvalue weighted by atomic mass is 10.1. The zero-order valence-electron chi connectivity index (χ0n) is 7.16. The number of aliphatic hydroxyl groups excluding tert-OH is 1. The number of hydrogen-bond acceptors (Lipinski definition) is 3. The zero-order chi connectivity index (χ0) is 10.1. The van der Waals surface area contributed by atoms with Crippen molar-refractivity contribution in [1.82, 2.24) is 0 Å². The number of rotatable bonds is 2. The molecule has 4 heteroatoms. The van der Waals surface area contributed by atoms with E-state index < -0.39 is 0 Å². The lowest BCUT2D eigenvalue weighted by Gasteiger charge is -1.95. The first-order valence-electron chi connectivity index (χ1n) is 4.03. The van der Waals surface area contributed by atoms with Crippen LogP contribution in [-0.2, 0) is 6.61 Å². The molecular formula is C10H7BrO2S. The lowest BCUT2D eigenvalue weighted by Crippen LogP contribution is -1.83. The monoisotopic (exact) mass is 270 g/mol. The minimum absolute atomic E-state index is 0.0110. The van der Waals surface area contributed by atoms with Crippen LogP contribution in [0.2, 0.25) is 0 Å². The van der Waals surface area contributed by atoms with E-state index in [1.165, 1.54) is 0 Å². The molecule has 0 atom stereocenters. The second kappa shape index (κ2) is 3.81. The van der Waals surface area contributed by atoms with Crippen LogP contribution in [0.1, 0.15) is 15.9 Å². The van der Waals surface area contributed by atoms with Gasteiger partial charge in [-0.2, -0.15) is 0 Å². The van der Waals surface area contributed by atoms with E-state index in [0.717, 1.165) is 25.7 Å². The average Bonchev–Trinajstić information content (AvgIpc) is 2.52. The van der Waals surface area contributed by atoms with E-state index in [0.29, 0.717) is 5.56 Å². The Morgan fingerprint density at radius 2 is 2.29 bits per heavy atom. The standard InChI is InChI=1S/C10H7BrO2S/c11-10-8(5-13)7-3-6(4-12)1-2-9(7)14-10/h1-4,13H,5H2. The fourth-order valence-electron chi connectivity index (χ4n) is 1.36. The molecule has 0 bridgehead atoms. The lowest BCUT2D eigenvalue weighted by molar-refractivity contribution is 0.112. The molecule has 2 rings (SSSR count). The van der Waals surface area contributed by atoms with E-state index in [1.807, 2.05) is 6.07 Å². The molecular weight excluding hydrogens is 264 g/mol. The van der Waals surface area contributed by atoms with Gasteiger partial charge in [0.1, 0.15) is 6.29 Å². The van der Waals surface area contributed by atoms with Crippen LogP contribution in [0, 0.1) is 0 Å². The summed E-state index contributed by atoms with van der Waals surface area (Å²) in [5.74, 6) is 0. The topological polar surface area (TPSA) is 37.3 Å². The summed E-state index contributed by atoms with van der Waals surface area (Å²) in [7, 11) is 0. The fourth-order valence-corrected chi connectivity index (χ4v) is 3.14. The Hall–Kier alpha value is -0.710. The summed E-state index contributed by atoms with van der Waals surface area (Å²) in [5.41, 5.74) is 1.49.